The minimum Gasteiger partial charge on any atom is -0.406 e. The van der Waals surface area contributed by atoms with Crippen molar-refractivity contribution in [2.75, 3.05) is 0 Å². The van der Waals surface area contributed by atoms with Gasteiger partial charge in [0, 0.05) is 0 Å². The van der Waals surface area contributed by atoms with Crippen molar-refractivity contribution in [2.24, 2.45) is 0 Å². The number of alkyl halides is 3. The van der Waals surface area contributed by atoms with Gasteiger partial charge in [-0.25, -0.2) is 0 Å². The molecule has 0 saturated carbocycles. The molecule has 0 spiro atoms. The number of nitrogens with zero attached hydrogens (tertiary/aromatic N) is 1. The topological polar surface area (TPSA) is 33.0 Å². The Hall–Kier alpha value is -2.48. The van der Waals surface area contributed by atoms with Crippen LogP contribution in [0.25, 0.3) is 11.1 Å². The highest BCUT2D eigenvalue weighted by Crippen LogP contribution is 2.30. The molecule has 0 aliphatic rings. The molecule has 0 aromatic heterocycles. The van der Waals surface area contributed by atoms with Crippen LogP contribution in [0.15, 0.2) is 42.5 Å². The SMILES string of the molecule is Cc1ccc(C#N)cc1-c1cccc(OC(F)(F)F)c1. The van der Waals surface area contributed by atoms with Crippen LogP contribution in [0.5, 0.6) is 5.75 Å². The Morgan fingerprint density at radius 3 is 2.50 bits per heavy atom. The van der Waals surface area contributed by atoms with Crippen molar-refractivity contribution >= 4 is 0 Å². The third-order valence-electron chi connectivity index (χ3n) is 2.75. The molecule has 0 amide bonds. The molecule has 0 saturated heterocycles. The van der Waals surface area contributed by atoms with E-state index >= 15 is 0 Å². The average molecular weight is 277 g/mol. The van der Waals surface area contributed by atoms with E-state index < -0.39 is 6.36 Å². The van der Waals surface area contributed by atoms with Crippen LogP contribution in [0.4, 0.5) is 13.2 Å². The monoisotopic (exact) mass is 277 g/mol. The third-order valence-corrected chi connectivity index (χ3v) is 2.75. The second-order valence-electron chi connectivity index (χ2n) is 4.22. The lowest BCUT2D eigenvalue weighted by atomic mass is 9.98. The summed E-state index contributed by atoms with van der Waals surface area (Å²) in [5.74, 6) is -0.281. The van der Waals surface area contributed by atoms with Gasteiger partial charge in [0.2, 0.25) is 0 Å². The van der Waals surface area contributed by atoms with Crippen molar-refractivity contribution in [3.05, 3.63) is 53.6 Å². The average Bonchev–Trinajstić information content (AvgIpc) is 2.37. The summed E-state index contributed by atoms with van der Waals surface area (Å²) in [6, 6.07) is 12.8. The number of benzene rings is 2. The van der Waals surface area contributed by atoms with Crippen LogP contribution in [0.1, 0.15) is 11.1 Å². The van der Waals surface area contributed by atoms with Crippen LogP contribution in [0, 0.1) is 18.3 Å². The lowest BCUT2D eigenvalue weighted by Crippen LogP contribution is -2.17. The van der Waals surface area contributed by atoms with Crippen molar-refractivity contribution in [3.8, 4) is 22.9 Å². The van der Waals surface area contributed by atoms with Crippen LogP contribution < -0.4 is 4.74 Å². The normalized spacial score (nSPS) is 10.9. The predicted molar refractivity (Wildman–Crippen MR) is 68.0 cm³/mol. The molecule has 0 fully saturated rings. The molecule has 0 radical (unpaired) electrons. The van der Waals surface area contributed by atoms with E-state index in [1.807, 2.05) is 13.0 Å². The first-order valence-electron chi connectivity index (χ1n) is 5.76. The molecule has 0 bridgehead atoms. The second-order valence-corrected chi connectivity index (χ2v) is 4.22. The molecule has 2 aromatic carbocycles. The Balaban J connectivity index is 2.44. The number of ether oxygens (including phenoxy) is 1. The summed E-state index contributed by atoms with van der Waals surface area (Å²) in [6.07, 6.45) is -4.72. The molecule has 2 nitrogen and oxygen atoms in total. The number of hydrogen-bond acceptors (Lipinski definition) is 2. The van der Waals surface area contributed by atoms with E-state index in [9.17, 15) is 13.2 Å². The first kappa shape index (κ1) is 13.9. The summed E-state index contributed by atoms with van der Waals surface area (Å²) in [5.41, 5.74) is 2.60. The minimum absolute atomic E-state index is 0.281. The molecule has 2 rings (SSSR count). The molecule has 0 unspecified atom stereocenters. The van der Waals surface area contributed by atoms with Crippen molar-refractivity contribution < 1.29 is 17.9 Å². The van der Waals surface area contributed by atoms with Crippen molar-refractivity contribution in [1.29, 1.82) is 5.26 Å². The summed E-state index contributed by atoms with van der Waals surface area (Å²) in [7, 11) is 0. The summed E-state index contributed by atoms with van der Waals surface area (Å²) < 4.78 is 40.5. The van der Waals surface area contributed by atoms with E-state index in [2.05, 4.69) is 4.74 Å². The van der Waals surface area contributed by atoms with Gasteiger partial charge in [-0.15, -0.1) is 13.2 Å². The fraction of sp³-hybridized carbons (Fsp3) is 0.133. The predicted octanol–water partition coefficient (Wildman–Crippen LogP) is 4.43. The molecule has 20 heavy (non-hydrogen) atoms. The number of aryl methyl sites for hydroxylation is 1. The van der Waals surface area contributed by atoms with Gasteiger partial charge in [-0.05, 0) is 47.9 Å². The summed E-state index contributed by atoms with van der Waals surface area (Å²) in [4.78, 5) is 0. The van der Waals surface area contributed by atoms with Crippen molar-refractivity contribution in [1.82, 2.24) is 0 Å². The standard InChI is InChI=1S/C15H10F3NO/c1-10-5-6-11(9-19)7-14(10)12-3-2-4-13(8-12)20-15(16,17)18/h2-8H,1H3. The molecule has 5 heteroatoms. The van der Waals surface area contributed by atoms with Gasteiger partial charge in [0.1, 0.15) is 5.75 Å². The lowest BCUT2D eigenvalue weighted by molar-refractivity contribution is -0.274. The highest BCUT2D eigenvalue weighted by Gasteiger charge is 2.31. The van der Waals surface area contributed by atoms with Gasteiger partial charge in [-0.3, -0.25) is 0 Å². The number of rotatable bonds is 2. The van der Waals surface area contributed by atoms with Gasteiger partial charge >= 0.3 is 6.36 Å². The molecule has 0 N–H and O–H groups in total. The first-order chi connectivity index (χ1) is 9.39. The van der Waals surface area contributed by atoms with Crippen LogP contribution in [0.3, 0.4) is 0 Å². The zero-order valence-corrected chi connectivity index (χ0v) is 10.5. The largest absolute Gasteiger partial charge is 0.573 e. The third kappa shape index (κ3) is 3.29. The molecule has 0 aliphatic heterocycles. The summed E-state index contributed by atoms with van der Waals surface area (Å²) in [5, 5.41) is 8.88. The van der Waals surface area contributed by atoms with Gasteiger partial charge in [-0.1, -0.05) is 18.2 Å². The van der Waals surface area contributed by atoms with Gasteiger partial charge < -0.3 is 4.74 Å². The molecule has 0 atom stereocenters. The maximum absolute atomic E-state index is 12.2. The van der Waals surface area contributed by atoms with Gasteiger partial charge in [-0.2, -0.15) is 5.26 Å². The highest BCUT2D eigenvalue weighted by molar-refractivity contribution is 5.70. The number of halogens is 3. The first-order valence-corrected chi connectivity index (χ1v) is 5.76. The Morgan fingerprint density at radius 2 is 1.85 bits per heavy atom. The Labute approximate surface area is 114 Å². The second kappa shape index (κ2) is 5.25. The van der Waals surface area contributed by atoms with Crippen LogP contribution in [-0.4, -0.2) is 6.36 Å². The van der Waals surface area contributed by atoms with Gasteiger partial charge in [0.15, 0.2) is 0 Å². The van der Waals surface area contributed by atoms with Crippen LogP contribution >= 0.6 is 0 Å². The summed E-state index contributed by atoms with van der Waals surface area (Å²) in [6.45, 7) is 1.83. The Bertz CT molecular complexity index is 672. The van der Waals surface area contributed by atoms with Crippen LogP contribution in [0.2, 0.25) is 0 Å². The van der Waals surface area contributed by atoms with Crippen LogP contribution in [-0.2, 0) is 0 Å². The van der Waals surface area contributed by atoms with E-state index in [0.29, 0.717) is 16.7 Å². The highest BCUT2D eigenvalue weighted by atomic mass is 19.4. The minimum atomic E-state index is -4.72. The molecule has 0 aliphatic carbocycles. The van der Waals surface area contributed by atoms with Gasteiger partial charge in [0.05, 0.1) is 11.6 Å². The molecular weight excluding hydrogens is 267 g/mol. The zero-order valence-electron chi connectivity index (χ0n) is 10.5. The summed E-state index contributed by atoms with van der Waals surface area (Å²) >= 11 is 0. The maximum atomic E-state index is 12.2. The van der Waals surface area contributed by atoms with E-state index in [1.165, 1.54) is 18.2 Å². The molecule has 102 valence electrons. The quantitative estimate of drug-likeness (QED) is 0.813. The Kier molecular flexibility index (Phi) is 3.66. The van der Waals surface area contributed by atoms with E-state index in [-0.39, 0.29) is 5.75 Å². The molecule has 2 aromatic rings. The van der Waals surface area contributed by atoms with Crippen molar-refractivity contribution in [3.63, 3.8) is 0 Å². The van der Waals surface area contributed by atoms with E-state index in [1.54, 1.807) is 24.3 Å². The number of hydrogen-bond donors (Lipinski definition) is 0. The fourth-order valence-electron chi connectivity index (χ4n) is 1.86. The van der Waals surface area contributed by atoms with Crippen molar-refractivity contribution in [2.45, 2.75) is 13.3 Å². The number of nitriles is 1. The zero-order chi connectivity index (χ0) is 14.8. The Morgan fingerprint density at radius 1 is 1.10 bits per heavy atom. The molecule has 0 heterocycles. The smallest absolute Gasteiger partial charge is 0.406 e. The van der Waals surface area contributed by atoms with Gasteiger partial charge in [0.25, 0.3) is 0 Å². The molecular formula is C15H10F3NO. The van der Waals surface area contributed by atoms with E-state index in [4.69, 9.17) is 5.26 Å². The van der Waals surface area contributed by atoms with E-state index in [0.717, 1.165) is 5.56 Å². The fourth-order valence-corrected chi connectivity index (χ4v) is 1.86. The maximum Gasteiger partial charge on any atom is 0.573 e. The lowest BCUT2D eigenvalue weighted by Gasteiger charge is -2.11.